The van der Waals surface area contributed by atoms with Crippen LogP contribution in [0.5, 0.6) is 0 Å². The van der Waals surface area contributed by atoms with Crippen molar-refractivity contribution in [3.05, 3.63) is 17.5 Å². The van der Waals surface area contributed by atoms with E-state index in [9.17, 15) is 4.79 Å². The summed E-state index contributed by atoms with van der Waals surface area (Å²) in [6, 6.07) is 3.85. The van der Waals surface area contributed by atoms with E-state index < -0.39 is 0 Å². The Hall–Kier alpha value is -1.34. The summed E-state index contributed by atoms with van der Waals surface area (Å²) in [4.78, 5) is 13.1. The second kappa shape index (κ2) is 6.62. The van der Waals surface area contributed by atoms with E-state index >= 15 is 0 Å². The highest BCUT2D eigenvalue weighted by Crippen LogP contribution is 2.28. The van der Waals surface area contributed by atoms with Crippen LogP contribution in [0.3, 0.4) is 0 Å². The maximum Gasteiger partial charge on any atom is 0.277 e. The Morgan fingerprint density at radius 3 is 2.90 bits per heavy atom. The van der Waals surface area contributed by atoms with Gasteiger partial charge in [0.25, 0.3) is 11.1 Å². The van der Waals surface area contributed by atoms with Crippen molar-refractivity contribution in [2.75, 3.05) is 0 Å². The van der Waals surface area contributed by atoms with Crippen molar-refractivity contribution in [3.8, 4) is 10.8 Å². The lowest BCUT2D eigenvalue weighted by Gasteiger charge is -2.25. The summed E-state index contributed by atoms with van der Waals surface area (Å²) in [5.74, 6) is 0.469. The Morgan fingerprint density at radius 1 is 1.52 bits per heavy atom. The molecule has 0 aliphatic carbocycles. The molecule has 2 aromatic heterocycles. The zero-order chi connectivity index (χ0) is 15.5. The molecule has 0 spiro atoms. The van der Waals surface area contributed by atoms with E-state index in [0.29, 0.717) is 11.1 Å². The molecule has 0 radical (unpaired) electrons. The molecule has 1 N–H and O–H groups in total. The van der Waals surface area contributed by atoms with Gasteiger partial charge in [0, 0.05) is 5.54 Å². The van der Waals surface area contributed by atoms with Gasteiger partial charge in [-0.15, -0.1) is 21.5 Å². The largest absolute Gasteiger partial charge is 0.410 e. The average molecular weight is 325 g/mol. The van der Waals surface area contributed by atoms with E-state index in [0.717, 1.165) is 11.3 Å². The van der Waals surface area contributed by atoms with Gasteiger partial charge in [-0.2, -0.15) is 0 Å². The molecular weight excluding hydrogens is 306 g/mol. The van der Waals surface area contributed by atoms with Gasteiger partial charge in [0.2, 0.25) is 5.91 Å². The van der Waals surface area contributed by atoms with Crippen LogP contribution in [-0.2, 0) is 4.79 Å². The van der Waals surface area contributed by atoms with Crippen molar-refractivity contribution in [2.45, 2.75) is 50.1 Å². The molecule has 0 fully saturated rings. The van der Waals surface area contributed by atoms with Crippen LogP contribution >= 0.6 is 23.1 Å². The Labute approximate surface area is 132 Å². The number of carbonyl (C=O) groups is 1. The molecule has 5 nitrogen and oxygen atoms in total. The SMILES string of the molecule is CCC(C)(C)NC(=O)C(C)Sc1nnc(-c2cccs2)o1. The third-order valence-corrected chi connectivity index (χ3v) is 4.92. The summed E-state index contributed by atoms with van der Waals surface area (Å²) in [5, 5.41) is 13.1. The maximum atomic E-state index is 12.1. The standard InChI is InChI=1S/C14H19N3O2S2/c1-5-14(3,4)15-11(18)9(2)21-13-17-16-12(19-13)10-7-6-8-20-10/h6-9H,5H2,1-4H3,(H,15,18). The molecule has 2 heterocycles. The van der Waals surface area contributed by atoms with Gasteiger partial charge < -0.3 is 9.73 Å². The number of hydrogen-bond acceptors (Lipinski definition) is 6. The second-order valence-corrected chi connectivity index (χ2v) is 7.58. The van der Waals surface area contributed by atoms with Crippen LogP contribution < -0.4 is 5.32 Å². The van der Waals surface area contributed by atoms with Crippen LogP contribution in [0.1, 0.15) is 34.1 Å². The molecule has 0 saturated heterocycles. The third kappa shape index (κ3) is 4.31. The number of thioether (sulfide) groups is 1. The fraction of sp³-hybridized carbons (Fsp3) is 0.500. The van der Waals surface area contributed by atoms with Crippen LogP contribution in [0, 0.1) is 0 Å². The number of rotatable bonds is 6. The lowest BCUT2D eigenvalue weighted by atomic mass is 10.0. The predicted molar refractivity (Wildman–Crippen MR) is 85.4 cm³/mol. The molecule has 0 saturated carbocycles. The van der Waals surface area contributed by atoms with Crippen molar-refractivity contribution in [3.63, 3.8) is 0 Å². The first kappa shape index (κ1) is 16.0. The summed E-state index contributed by atoms with van der Waals surface area (Å²) in [5.41, 5.74) is -0.205. The van der Waals surface area contributed by atoms with Crippen LogP contribution in [0.4, 0.5) is 0 Å². The van der Waals surface area contributed by atoms with E-state index in [1.165, 1.54) is 11.8 Å². The molecule has 0 aromatic carbocycles. The Balaban J connectivity index is 1.97. The Bertz CT molecular complexity index is 593. The number of nitrogens with one attached hydrogen (secondary N) is 1. The first-order chi connectivity index (χ1) is 9.91. The lowest BCUT2D eigenvalue weighted by molar-refractivity contribution is -0.121. The van der Waals surface area contributed by atoms with Gasteiger partial charge in [0.15, 0.2) is 0 Å². The molecule has 1 unspecified atom stereocenters. The minimum atomic E-state index is -0.285. The lowest BCUT2D eigenvalue weighted by Crippen LogP contribution is -2.46. The Kier molecular flexibility index (Phi) is 5.05. The maximum absolute atomic E-state index is 12.1. The zero-order valence-electron chi connectivity index (χ0n) is 12.5. The van der Waals surface area contributed by atoms with Gasteiger partial charge in [0.1, 0.15) is 0 Å². The first-order valence-electron chi connectivity index (χ1n) is 6.77. The van der Waals surface area contributed by atoms with Crippen molar-refractivity contribution in [1.82, 2.24) is 15.5 Å². The minimum absolute atomic E-state index is 0.0253. The van der Waals surface area contributed by atoms with Crippen molar-refractivity contribution >= 4 is 29.0 Å². The van der Waals surface area contributed by atoms with Crippen molar-refractivity contribution in [1.29, 1.82) is 0 Å². The van der Waals surface area contributed by atoms with Crippen LogP contribution in [0.15, 0.2) is 27.2 Å². The fourth-order valence-corrected chi connectivity index (χ4v) is 2.81. The molecule has 2 aromatic rings. The number of aromatic nitrogens is 2. The van der Waals surface area contributed by atoms with Gasteiger partial charge in [-0.3, -0.25) is 4.79 Å². The smallest absolute Gasteiger partial charge is 0.277 e. The predicted octanol–water partition coefficient (Wildman–Crippen LogP) is 3.58. The summed E-state index contributed by atoms with van der Waals surface area (Å²) in [6.45, 7) is 7.89. The molecule has 2 rings (SSSR count). The van der Waals surface area contributed by atoms with E-state index in [4.69, 9.17) is 4.42 Å². The normalized spacial score (nSPS) is 13.1. The Morgan fingerprint density at radius 2 is 2.29 bits per heavy atom. The summed E-state index contributed by atoms with van der Waals surface area (Å²) in [7, 11) is 0. The molecular formula is C14H19N3O2S2. The van der Waals surface area contributed by atoms with Gasteiger partial charge in [-0.1, -0.05) is 24.8 Å². The summed E-state index contributed by atoms with van der Waals surface area (Å²) < 4.78 is 5.58. The van der Waals surface area contributed by atoms with Gasteiger partial charge in [0.05, 0.1) is 10.1 Å². The topological polar surface area (TPSA) is 68.0 Å². The molecule has 0 bridgehead atoms. The molecule has 21 heavy (non-hydrogen) atoms. The monoisotopic (exact) mass is 325 g/mol. The summed E-state index contributed by atoms with van der Waals surface area (Å²) in [6.07, 6.45) is 0.874. The van der Waals surface area contributed by atoms with Crippen molar-refractivity contribution < 1.29 is 9.21 Å². The van der Waals surface area contributed by atoms with Crippen molar-refractivity contribution in [2.24, 2.45) is 0 Å². The van der Waals surface area contributed by atoms with Crippen LogP contribution in [-0.4, -0.2) is 26.9 Å². The molecule has 7 heteroatoms. The van der Waals surface area contributed by atoms with E-state index in [2.05, 4.69) is 15.5 Å². The van der Waals surface area contributed by atoms with Crippen LogP contribution in [0.25, 0.3) is 10.8 Å². The molecule has 1 atom stereocenters. The highest BCUT2D eigenvalue weighted by molar-refractivity contribution is 8.00. The van der Waals surface area contributed by atoms with E-state index in [1.807, 2.05) is 45.2 Å². The molecule has 114 valence electrons. The quantitative estimate of drug-likeness (QED) is 0.822. The van der Waals surface area contributed by atoms with E-state index in [1.54, 1.807) is 11.3 Å². The van der Waals surface area contributed by atoms with Gasteiger partial charge in [-0.25, -0.2) is 0 Å². The highest BCUT2D eigenvalue weighted by atomic mass is 32.2. The average Bonchev–Trinajstić information content (AvgIpc) is 3.08. The van der Waals surface area contributed by atoms with Gasteiger partial charge >= 0.3 is 0 Å². The zero-order valence-corrected chi connectivity index (χ0v) is 14.2. The third-order valence-electron chi connectivity index (χ3n) is 3.13. The second-order valence-electron chi connectivity index (χ2n) is 5.34. The highest BCUT2D eigenvalue weighted by Gasteiger charge is 2.24. The number of nitrogens with zero attached hydrogens (tertiary/aromatic N) is 2. The number of amides is 1. The summed E-state index contributed by atoms with van der Waals surface area (Å²) >= 11 is 2.81. The number of carbonyl (C=O) groups excluding carboxylic acids is 1. The van der Waals surface area contributed by atoms with Crippen LogP contribution in [0.2, 0.25) is 0 Å². The first-order valence-corrected chi connectivity index (χ1v) is 8.53. The molecule has 1 amide bonds. The number of hydrogen-bond donors (Lipinski definition) is 1. The minimum Gasteiger partial charge on any atom is -0.410 e. The van der Waals surface area contributed by atoms with Gasteiger partial charge in [-0.05, 0) is 38.6 Å². The van der Waals surface area contributed by atoms with E-state index in [-0.39, 0.29) is 16.7 Å². The fourth-order valence-electron chi connectivity index (χ4n) is 1.49. The number of thiophene rings is 1. The molecule has 0 aliphatic rings. The molecule has 0 aliphatic heterocycles.